The number of rotatable bonds is 4. The molecular weight excluding hydrogens is 275 g/mol. The van der Waals surface area contributed by atoms with Crippen LogP contribution in [0.4, 0.5) is 4.39 Å². The third-order valence-electron chi connectivity index (χ3n) is 3.36. The third kappa shape index (κ3) is 4.26. The Balaban J connectivity index is 1.79. The molecule has 2 amide bonds. The fraction of sp³-hybridized carbons (Fsp3) is 0.467. The molecule has 0 atom stereocenters. The van der Waals surface area contributed by atoms with Crippen molar-refractivity contribution in [1.82, 2.24) is 10.2 Å². The van der Waals surface area contributed by atoms with Gasteiger partial charge < -0.3 is 15.0 Å². The Kier molecular flexibility index (Phi) is 5.27. The molecule has 1 fully saturated rings. The van der Waals surface area contributed by atoms with Crippen LogP contribution in [-0.4, -0.2) is 49.6 Å². The Morgan fingerprint density at radius 3 is 2.71 bits per heavy atom. The summed E-state index contributed by atoms with van der Waals surface area (Å²) in [4.78, 5) is 25.4. The van der Waals surface area contributed by atoms with Gasteiger partial charge in [-0.3, -0.25) is 9.59 Å². The number of halogens is 1. The number of carbonyl (C=O) groups is 2. The SMILES string of the molecule is Cc1ccc(C(=O)NCCC(=O)N2CCOCC2)c(F)c1. The van der Waals surface area contributed by atoms with Gasteiger partial charge in [0.1, 0.15) is 5.82 Å². The Labute approximate surface area is 123 Å². The number of aryl methyl sites for hydroxylation is 1. The van der Waals surface area contributed by atoms with Gasteiger partial charge >= 0.3 is 0 Å². The Bertz CT molecular complexity index is 528. The number of ether oxygens (including phenoxy) is 1. The van der Waals surface area contributed by atoms with Crippen LogP contribution >= 0.6 is 0 Å². The molecule has 1 heterocycles. The zero-order chi connectivity index (χ0) is 15.2. The van der Waals surface area contributed by atoms with Crippen molar-refractivity contribution in [3.05, 3.63) is 35.1 Å². The van der Waals surface area contributed by atoms with Crippen LogP contribution in [-0.2, 0) is 9.53 Å². The second-order valence-electron chi connectivity index (χ2n) is 4.98. The number of benzene rings is 1. The molecule has 0 aliphatic carbocycles. The van der Waals surface area contributed by atoms with E-state index in [2.05, 4.69) is 5.32 Å². The largest absolute Gasteiger partial charge is 0.378 e. The number of nitrogens with one attached hydrogen (secondary N) is 1. The van der Waals surface area contributed by atoms with Gasteiger partial charge in [0.25, 0.3) is 5.91 Å². The fourth-order valence-electron chi connectivity index (χ4n) is 2.15. The smallest absolute Gasteiger partial charge is 0.254 e. The van der Waals surface area contributed by atoms with Crippen molar-refractivity contribution >= 4 is 11.8 Å². The topological polar surface area (TPSA) is 58.6 Å². The molecule has 0 spiro atoms. The molecule has 2 rings (SSSR count). The van der Waals surface area contributed by atoms with Crippen molar-refractivity contribution in [2.45, 2.75) is 13.3 Å². The lowest BCUT2D eigenvalue weighted by atomic mass is 10.1. The molecule has 1 aliphatic rings. The summed E-state index contributed by atoms with van der Waals surface area (Å²) in [5.74, 6) is -1.07. The zero-order valence-corrected chi connectivity index (χ0v) is 12.0. The minimum Gasteiger partial charge on any atom is -0.378 e. The molecule has 21 heavy (non-hydrogen) atoms. The monoisotopic (exact) mass is 294 g/mol. The molecule has 1 N–H and O–H groups in total. The van der Waals surface area contributed by atoms with Crippen LogP contribution < -0.4 is 5.32 Å². The first-order valence-electron chi connectivity index (χ1n) is 6.98. The number of nitrogens with zero attached hydrogens (tertiary/aromatic N) is 1. The molecule has 5 nitrogen and oxygen atoms in total. The summed E-state index contributed by atoms with van der Waals surface area (Å²) < 4.78 is 18.8. The highest BCUT2D eigenvalue weighted by atomic mass is 19.1. The van der Waals surface area contributed by atoms with Crippen LogP contribution in [0.5, 0.6) is 0 Å². The van der Waals surface area contributed by atoms with Gasteiger partial charge in [0, 0.05) is 26.1 Å². The van der Waals surface area contributed by atoms with Crippen molar-refractivity contribution in [1.29, 1.82) is 0 Å². The first-order chi connectivity index (χ1) is 10.1. The molecule has 1 saturated heterocycles. The molecule has 1 aliphatic heterocycles. The van der Waals surface area contributed by atoms with E-state index in [1.807, 2.05) is 0 Å². The van der Waals surface area contributed by atoms with E-state index < -0.39 is 11.7 Å². The van der Waals surface area contributed by atoms with Gasteiger partial charge in [0.15, 0.2) is 0 Å². The van der Waals surface area contributed by atoms with E-state index in [1.165, 1.54) is 12.1 Å². The van der Waals surface area contributed by atoms with Gasteiger partial charge in [0.05, 0.1) is 18.8 Å². The minimum absolute atomic E-state index is 0.000536. The molecular formula is C15H19FN2O3. The van der Waals surface area contributed by atoms with Gasteiger partial charge in [0.2, 0.25) is 5.91 Å². The van der Waals surface area contributed by atoms with E-state index in [0.717, 1.165) is 5.56 Å². The lowest BCUT2D eigenvalue weighted by molar-refractivity contribution is -0.135. The summed E-state index contributed by atoms with van der Waals surface area (Å²) in [5.41, 5.74) is 0.756. The normalized spacial score (nSPS) is 14.9. The summed E-state index contributed by atoms with van der Waals surface area (Å²) in [6.45, 7) is 4.21. The highest BCUT2D eigenvalue weighted by Gasteiger charge is 2.17. The molecule has 0 bridgehead atoms. The lowest BCUT2D eigenvalue weighted by Gasteiger charge is -2.26. The maximum absolute atomic E-state index is 13.6. The maximum atomic E-state index is 13.6. The van der Waals surface area contributed by atoms with Crippen molar-refractivity contribution in [3.63, 3.8) is 0 Å². The van der Waals surface area contributed by atoms with Crippen LogP contribution in [0.1, 0.15) is 22.3 Å². The van der Waals surface area contributed by atoms with E-state index in [1.54, 1.807) is 17.9 Å². The average molecular weight is 294 g/mol. The Morgan fingerprint density at radius 1 is 1.33 bits per heavy atom. The van der Waals surface area contributed by atoms with E-state index >= 15 is 0 Å². The maximum Gasteiger partial charge on any atom is 0.254 e. The molecule has 0 aromatic heterocycles. The van der Waals surface area contributed by atoms with E-state index in [9.17, 15) is 14.0 Å². The number of morpholine rings is 1. The summed E-state index contributed by atoms with van der Waals surface area (Å²) in [6.07, 6.45) is 0.208. The predicted octanol–water partition coefficient (Wildman–Crippen LogP) is 1.11. The van der Waals surface area contributed by atoms with Gasteiger partial charge in [-0.2, -0.15) is 0 Å². The van der Waals surface area contributed by atoms with Crippen molar-refractivity contribution in [2.75, 3.05) is 32.8 Å². The molecule has 0 saturated carbocycles. The predicted molar refractivity (Wildman–Crippen MR) is 75.5 cm³/mol. The third-order valence-corrected chi connectivity index (χ3v) is 3.36. The molecule has 1 aromatic rings. The van der Waals surface area contributed by atoms with Gasteiger partial charge in [-0.05, 0) is 24.6 Å². The summed E-state index contributed by atoms with van der Waals surface area (Å²) in [6, 6.07) is 4.44. The highest BCUT2D eigenvalue weighted by molar-refractivity contribution is 5.94. The van der Waals surface area contributed by atoms with Crippen LogP contribution in [0, 0.1) is 12.7 Å². The van der Waals surface area contributed by atoms with Crippen molar-refractivity contribution in [2.24, 2.45) is 0 Å². The average Bonchev–Trinajstić information content (AvgIpc) is 2.47. The molecule has 0 unspecified atom stereocenters. The number of carbonyl (C=O) groups excluding carboxylic acids is 2. The second-order valence-corrected chi connectivity index (χ2v) is 4.98. The summed E-state index contributed by atoms with van der Waals surface area (Å²) in [7, 11) is 0. The zero-order valence-electron chi connectivity index (χ0n) is 12.0. The fourth-order valence-corrected chi connectivity index (χ4v) is 2.15. The molecule has 0 radical (unpaired) electrons. The van der Waals surface area contributed by atoms with Gasteiger partial charge in [-0.15, -0.1) is 0 Å². The van der Waals surface area contributed by atoms with E-state index in [0.29, 0.717) is 26.3 Å². The lowest BCUT2D eigenvalue weighted by Crippen LogP contribution is -2.42. The quantitative estimate of drug-likeness (QED) is 0.905. The minimum atomic E-state index is -0.549. The van der Waals surface area contributed by atoms with Crippen LogP contribution in [0.3, 0.4) is 0 Å². The van der Waals surface area contributed by atoms with Crippen LogP contribution in [0.25, 0.3) is 0 Å². The molecule has 6 heteroatoms. The number of hydrogen-bond acceptors (Lipinski definition) is 3. The van der Waals surface area contributed by atoms with E-state index in [4.69, 9.17) is 4.74 Å². The molecule has 1 aromatic carbocycles. The summed E-state index contributed by atoms with van der Waals surface area (Å²) in [5, 5.41) is 2.57. The Hall–Kier alpha value is -1.95. The first-order valence-corrected chi connectivity index (χ1v) is 6.98. The summed E-state index contributed by atoms with van der Waals surface area (Å²) >= 11 is 0. The molecule has 114 valence electrons. The van der Waals surface area contributed by atoms with Crippen LogP contribution in [0.2, 0.25) is 0 Å². The van der Waals surface area contributed by atoms with Gasteiger partial charge in [-0.25, -0.2) is 4.39 Å². The number of amides is 2. The van der Waals surface area contributed by atoms with Crippen LogP contribution in [0.15, 0.2) is 18.2 Å². The second kappa shape index (κ2) is 7.17. The van der Waals surface area contributed by atoms with E-state index in [-0.39, 0.29) is 24.4 Å². The highest BCUT2D eigenvalue weighted by Crippen LogP contribution is 2.09. The van der Waals surface area contributed by atoms with Crippen molar-refractivity contribution < 1.29 is 18.7 Å². The van der Waals surface area contributed by atoms with Crippen molar-refractivity contribution in [3.8, 4) is 0 Å². The number of hydrogen-bond donors (Lipinski definition) is 1. The van der Waals surface area contributed by atoms with Gasteiger partial charge in [-0.1, -0.05) is 6.07 Å². The standard InChI is InChI=1S/C15H19FN2O3/c1-11-2-3-12(13(16)10-11)15(20)17-5-4-14(19)18-6-8-21-9-7-18/h2-3,10H,4-9H2,1H3,(H,17,20). The Morgan fingerprint density at radius 2 is 2.05 bits per heavy atom. The first kappa shape index (κ1) is 15.4.